The summed E-state index contributed by atoms with van der Waals surface area (Å²) >= 11 is 0. The van der Waals surface area contributed by atoms with Crippen LogP contribution < -0.4 is 5.32 Å². The Balaban J connectivity index is 2.26. The fourth-order valence-corrected chi connectivity index (χ4v) is 2.46. The van der Waals surface area contributed by atoms with Crippen LogP contribution in [0.5, 0.6) is 0 Å². The van der Waals surface area contributed by atoms with Gasteiger partial charge in [0.1, 0.15) is 0 Å². The van der Waals surface area contributed by atoms with Gasteiger partial charge < -0.3 is 5.32 Å². The van der Waals surface area contributed by atoms with E-state index < -0.39 is 0 Å². The molecule has 1 aromatic carbocycles. The van der Waals surface area contributed by atoms with Gasteiger partial charge >= 0.3 is 0 Å². The first-order chi connectivity index (χ1) is 8.76. The highest BCUT2D eigenvalue weighted by molar-refractivity contribution is 5.22. The zero-order valence-electron chi connectivity index (χ0n) is 12.3. The Kier molecular flexibility index (Phi) is 7.75. The largest absolute Gasteiger partial charge is 0.317 e. The van der Waals surface area contributed by atoms with Crippen LogP contribution in [0.4, 0.5) is 0 Å². The normalized spacial score (nSPS) is 12.6. The van der Waals surface area contributed by atoms with E-state index in [-0.39, 0.29) is 0 Å². The maximum Gasteiger partial charge on any atom is 0.00672 e. The summed E-state index contributed by atoms with van der Waals surface area (Å²) < 4.78 is 0. The Morgan fingerprint density at radius 2 is 1.94 bits per heavy atom. The Morgan fingerprint density at radius 3 is 2.61 bits per heavy atom. The molecule has 0 heterocycles. The van der Waals surface area contributed by atoms with Crippen molar-refractivity contribution in [2.75, 3.05) is 7.05 Å². The van der Waals surface area contributed by atoms with Crippen molar-refractivity contribution in [3.8, 4) is 0 Å². The Bertz CT molecular complexity index is 319. The SMILES string of the molecule is CCCCCCC(CCc1cccc(C)c1)NC. The minimum Gasteiger partial charge on any atom is -0.317 e. The van der Waals surface area contributed by atoms with Gasteiger partial charge in [-0.25, -0.2) is 0 Å². The number of hydrogen-bond donors (Lipinski definition) is 1. The quantitative estimate of drug-likeness (QED) is 0.634. The van der Waals surface area contributed by atoms with Crippen LogP contribution in [-0.4, -0.2) is 13.1 Å². The molecule has 0 aliphatic rings. The predicted octanol–water partition coefficient (Wildman–Crippen LogP) is 4.49. The van der Waals surface area contributed by atoms with Crippen molar-refractivity contribution in [3.63, 3.8) is 0 Å². The summed E-state index contributed by atoms with van der Waals surface area (Å²) in [5.74, 6) is 0. The summed E-state index contributed by atoms with van der Waals surface area (Å²) in [7, 11) is 2.10. The fraction of sp³-hybridized carbons (Fsp3) is 0.647. The molecule has 0 bridgehead atoms. The fourth-order valence-electron chi connectivity index (χ4n) is 2.46. The molecule has 18 heavy (non-hydrogen) atoms. The number of nitrogens with one attached hydrogen (secondary N) is 1. The molecule has 1 heteroatoms. The number of benzene rings is 1. The second-order valence-corrected chi connectivity index (χ2v) is 5.36. The summed E-state index contributed by atoms with van der Waals surface area (Å²) in [5.41, 5.74) is 2.85. The first-order valence-corrected chi connectivity index (χ1v) is 7.49. The predicted molar refractivity (Wildman–Crippen MR) is 81.1 cm³/mol. The summed E-state index contributed by atoms with van der Waals surface area (Å²) in [6, 6.07) is 9.58. The third-order valence-corrected chi connectivity index (χ3v) is 3.68. The summed E-state index contributed by atoms with van der Waals surface area (Å²) in [5, 5.41) is 3.46. The minimum atomic E-state index is 0.683. The van der Waals surface area contributed by atoms with Gasteiger partial charge in [0, 0.05) is 6.04 Å². The van der Waals surface area contributed by atoms with Crippen LogP contribution in [0.25, 0.3) is 0 Å². The topological polar surface area (TPSA) is 12.0 Å². The van der Waals surface area contributed by atoms with Crippen molar-refractivity contribution in [1.29, 1.82) is 0 Å². The molecule has 0 radical (unpaired) electrons. The van der Waals surface area contributed by atoms with Crippen LogP contribution in [0.1, 0.15) is 56.6 Å². The highest BCUT2D eigenvalue weighted by Crippen LogP contribution is 2.12. The van der Waals surface area contributed by atoms with Crippen molar-refractivity contribution in [2.45, 2.75) is 64.8 Å². The number of rotatable bonds is 9. The van der Waals surface area contributed by atoms with Gasteiger partial charge in [0.15, 0.2) is 0 Å². The smallest absolute Gasteiger partial charge is 0.00672 e. The van der Waals surface area contributed by atoms with Crippen molar-refractivity contribution >= 4 is 0 Å². The Hall–Kier alpha value is -0.820. The van der Waals surface area contributed by atoms with Gasteiger partial charge in [-0.05, 0) is 38.8 Å². The summed E-state index contributed by atoms with van der Waals surface area (Å²) in [6.07, 6.45) is 9.24. The molecule has 0 amide bonds. The molecule has 1 rings (SSSR count). The first-order valence-electron chi connectivity index (χ1n) is 7.49. The van der Waals surface area contributed by atoms with Crippen LogP contribution in [0.2, 0.25) is 0 Å². The summed E-state index contributed by atoms with van der Waals surface area (Å²) in [6.45, 7) is 4.44. The van der Waals surface area contributed by atoms with Gasteiger partial charge in [0.25, 0.3) is 0 Å². The molecule has 1 atom stereocenters. The second kappa shape index (κ2) is 9.16. The molecule has 0 saturated carbocycles. The highest BCUT2D eigenvalue weighted by atomic mass is 14.9. The van der Waals surface area contributed by atoms with Gasteiger partial charge in [-0.2, -0.15) is 0 Å². The molecule has 1 N–H and O–H groups in total. The molecule has 1 nitrogen and oxygen atoms in total. The van der Waals surface area contributed by atoms with E-state index in [1.807, 2.05) is 0 Å². The standard InChI is InChI=1S/C17H29N/c1-4-5-6-7-11-17(18-3)13-12-16-10-8-9-15(2)14-16/h8-10,14,17-18H,4-7,11-13H2,1-3H3. The molecular formula is C17H29N. The molecule has 1 unspecified atom stereocenters. The maximum atomic E-state index is 3.46. The van der Waals surface area contributed by atoms with E-state index in [0.29, 0.717) is 6.04 Å². The monoisotopic (exact) mass is 247 g/mol. The van der Waals surface area contributed by atoms with E-state index in [1.54, 1.807) is 0 Å². The summed E-state index contributed by atoms with van der Waals surface area (Å²) in [4.78, 5) is 0. The molecule has 0 spiro atoms. The van der Waals surface area contributed by atoms with Gasteiger partial charge in [-0.15, -0.1) is 0 Å². The van der Waals surface area contributed by atoms with Gasteiger partial charge in [0.2, 0.25) is 0 Å². The van der Waals surface area contributed by atoms with Crippen LogP contribution in [0, 0.1) is 6.92 Å². The van der Waals surface area contributed by atoms with E-state index in [1.165, 1.54) is 56.1 Å². The zero-order valence-corrected chi connectivity index (χ0v) is 12.3. The lowest BCUT2D eigenvalue weighted by molar-refractivity contribution is 0.461. The second-order valence-electron chi connectivity index (χ2n) is 5.36. The Morgan fingerprint density at radius 1 is 1.11 bits per heavy atom. The molecule has 1 aromatic rings. The molecule has 0 aliphatic carbocycles. The lowest BCUT2D eigenvalue weighted by Crippen LogP contribution is -2.25. The first kappa shape index (κ1) is 15.2. The van der Waals surface area contributed by atoms with Crippen LogP contribution in [-0.2, 0) is 6.42 Å². The number of unbranched alkanes of at least 4 members (excludes halogenated alkanes) is 3. The van der Waals surface area contributed by atoms with Crippen LogP contribution >= 0.6 is 0 Å². The lowest BCUT2D eigenvalue weighted by atomic mass is 9.99. The van der Waals surface area contributed by atoms with E-state index in [9.17, 15) is 0 Å². The van der Waals surface area contributed by atoms with E-state index in [0.717, 1.165) is 0 Å². The van der Waals surface area contributed by atoms with Crippen molar-refractivity contribution in [3.05, 3.63) is 35.4 Å². The van der Waals surface area contributed by atoms with Gasteiger partial charge in [0.05, 0.1) is 0 Å². The van der Waals surface area contributed by atoms with Crippen molar-refractivity contribution in [1.82, 2.24) is 5.32 Å². The Labute approximate surface area is 113 Å². The minimum absolute atomic E-state index is 0.683. The third-order valence-electron chi connectivity index (χ3n) is 3.68. The molecule has 0 saturated heterocycles. The third kappa shape index (κ3) is 6.20. The molecule has 0 aromatic heterocycles. The molecule has 0 aliphatic heterocycles. The molecule has 0 fully saturated rings. The van der Waals surface area contributed by atoms with E-state index in [4.69, 9.17) is 0 Å². The van der Waals surface area contributed by atoms with Crippen LogP contribution in [0.3, 0.4) is 0 Å². The number of aryl methyl sites for hydroxylation is 2. The van der Waals surface area contributed by atoms with Gasteiger partial charge in [-0.3, -0.25) is 0 Å². The number of hydrogen-bond acceptors (Lipinski definition) is 1. The van der Waals surface area contributed by atoms with Crippen molar-refractivity contribution in [2.24, 2.45) is 0 Å². The van der Waals surface area contributed by atoms with Gasteiger partial charge in [-0.1, -0.05) is 62.4 Å². The average Bonchev–Trinajstić information content (AvgIpc) is 2.38. The van der Waals surface area contributed by atoms with E-state index in [2.05, 4.69) is 50.5 Å². The van der Waals surface area contributed by atoms with Crippen LogP contribution in [0.15, 0.2) is 24.3 Å². The highest BCUT2D eigenvalue weighted by Gasteiger charge is 2.06. The average molecular weight is 247 g/mol. The van der Waals surface area contributed by atoms with Crippen molar-refractivity contribution < 1.29 is 0 Å². The maximum absolute atomic E-state index is 3.46. The van der Waals surface area contributed by atoms with E-state index >= 15 is 0 Å². The molecule has 102 valence electrons. The zero-order chi connectivity index (χ0) is 13.2. The molecular weight excluding hydrogens is 218 g/mol. The lowest BCUT2D eigenvalue weighted by Gasteiger charge is -2.16.